The summed E-state index contributed by atoms with van der Waals surface area (Å²) in [6.45, 7) is 2.24. The Bertz CT molecular complexity index is 608. The van der Waals surface area contributed by atoms with Gasteiger partial charge in [0, 0.05) is 11.1 Å². The maximum atomic E-state index is 11.9. The monoisotopic (exact) mass is 265 g/mol. The van der Waals surface area contributed by atoms with Crippen LogP contribution in [-0.4, -0.2) is 16.2 Å². The van der Waals surface area contributed by atoms with Crippen LogP contribution in [-0.2, 0) is 0 Å². The van der Waals surface area contributed by atoms with Crippen molar-refractivity contribution in [1.29, 1.82) is 0 Å². The van der Waals surface area contributed by atoms with Gasteiger partial charge in [-0.2, -0.15) is 4.98 Å². The molecule has 18 heavy (non-hydrogen) atoms. The average molecular weight is 266 g/mol. The average Bonchev–Trinajstić information content (AvgIpc) is 2.31. The quantitative estimate of drug-likeness (QED) is 0.920. The van der Waals surface area contributed by atoms with Crippen LogP contribution >= 0.6 is 11.6 Å². The number of anilines is 1. The van der Waals surface area contributed by atoms with E-state index in [2.05, 4.69) is 4.98 Å². The molecule has 0 aliphatic rings. The van der Waals surface area contributed by atoms with Gasteiger partial charge in [-0.3, -0.25) is 0 Å². The highest BCUT2D eigenvalue weighted by molar-refractivity contribution is 6.30. The van der Waals surface area contributed by atoms with Gasteiger partial charge in [-0.15, -0.1) is 0 Å². The van der Waals surface area contributed by atoms with Crippen molar-refractivity contribution in [3.8, 4) is 11.6 Å². The first-order valence-electron chi connectivity index (χ1n) is 5.40. The van der Waals surface area contributed by atoms with Crippen LogP contribution in [0, 0.1) is 0 Å². The normalized spacial score (nSPS) is 10.3. The van der Waals surface area contributed by atoms with Gasteiger partial charge in [0.25, 0.3) is 0 Å². The first kappa shape index (κ1) is 12.4. The van der Waals surface area contributed by atoms with Crippen molar-refractivity contribution in [2.75, 3.05) is 12.3 Å². The zero-order valence-corrected chi connectivity index (χ0v) is 10.5. The van der Waals surface area contributed by atoms with Crippen molar-refractivity contribution in [2.45, 2.75) is 6.92 Å². The van der Waals surface area contributed by atoms with E-state index in [9.17, 15) is 4.79 Å². The van der Waals surface area contributed by atoms with E-state index in [0.717, 1.165) is 0 Å². The highest BCUT2D eigenvalue weighted by atomic mass is 35.5. The predicted molar refractivity (Wildman–Crippen MR) is 70.4 cm³/mol. The maximum Gasteiger partial charge on any atom is 0.357 e. The van der Waals surface area contributed by atoms with Gasteiger partial charge in [0.1, 0.15) is 5.82 Å². The van der Waals surface area contributed by atoms with E-state index in [1.807, 2.05) is 6.92 Å². The molecule has 2 rings (SSSR count). The molecule has 1 aromatic heterocycles. The number of ether oxygens (including phenoxy) is 1. The molecule has 94 valence electrons. The molecule has 0 aliphatic heterocycles. The van der Waals surface area contributed by atoms with E-state index in [-0.39, 0.29) is 11.7 Å². The first-order chi connectivity index (χ1) is 8.61. The van der Waals surface area contributed by atoms with Crippen molar-refractivity contribution in [3.05, 3.63) is 45.8 Å². The zero-order valence-electron chi connectivity index (χ0n) is 9.76. The summed E-state index contributed by atoms with van der Waals surface area (Å²) < 4.78 is 6.44. The van der Waals surface area contributed by atoms with E-state index in [1.54, 1.807) is 24.3 Å². The topological polar surface area (TPSA) is 70.1 Å². The summed E-state index contributed by atoms with van der Waals surface area (Å²) in [5.41, 5.74) is 5.96. The molecule has 2 N–H and O–H groups in total. The van der Waals surface area contributed by atoms with E-state index in [0.29, 0.717) is 17.3 Å². The Hall–Kier alpha value is -2.01. The van der Waals surface area contributed by atoms with Crippen LogP contribution in [0.2, 0.25) is 5.02 Å². The predicted octanol–water partition coefficient (Wildman–Crippen LogP) is 1.87. The molecule has 0 bridgehead atoms. The van der Waals surface area contributed by atoms with Crippen LogP contribution in [0.15, 0.2) is 35.1 Å². The van der Waals surface area contributed by atoms with Crippen LogP contribution in [0.4, 0.5) is 5.82 Å². The smallest absolute Gasteiger partial charge is 0.357 e. The number of benzene rings is 1. The molecule has 0 unspecified atom stereocenters. The van der Waals surface area contributed by atoms with Gasteiger partial charge in [-0.05, 0) is 31.2 Å². The Balaban J connectivity index is 2.52. The third-order valence-electron chi connectivity index (χ3n) is 2.30. The lowest BCUT2D eigenvalue weighted by atomic mass is 10.3. The number of aromatic nitrogens is 2. The molecule has 0 spiro atoms. The van der Waals surface area contributed by atoms with Gasteiger partial charge in [0.2, 0.25) is 5.88 Å². The SMILES string of the molecule is CCOc1cc(N)n(-c2ccc(Cl)cc2)c(=O)n1. The second kappa shape index (κ2) is 5.10. The molecule has 1 heterocycles. The van der Waals surface area contributed by atoms with Crippen LogP contribution in [0.1, 0.15) is 6.92 Å². The van der Waals surface area contributed by atoms with Crippen LogP contribution in [0.3, 0.4) is 0 Å². The summed E-state index contributed by atoms with van der Waals surface area (Å²) in [4.78, 5) is 15.7. The molecule has 0 saturated carbocycles. The molecule has 0 fully saturated rings. The number of hydrogen-bond donors (Lipinski definition) is 1. The third kappa shape index (κ3) is 2.46. The van der Waals surface area contributed by atoms with Crippen molar-refractivity contribution < 1.29 is 4.74 Å². The van der Waals surface area contributed by atoms with E-state index >= 15 is 0 Å². The molecular weight excluding hydrogens is 254 g/mol. The van der Waals surface area contributed by atoms with Gasteiger partial charge in [-0.25, -0.2) is 9.36 Å². The summed E-state index contributed by atoms with van der Waals surface area (Å²) in [7, 11) is 0. The molecule has 5 nitrogen and oxygen atoms in total. The molecule has 1 aromatic carbocycles. The largest absolute Gasteiger partial charge is 0.478 e. The Labute approximate surface area is 109 Å². The first-order valence-corrected chi connectivity index (χ1v) is 5.78. The van der Waals surface area contributed by atoms with E-state index in [1.165, 1.54) is 10.6 Å². The minimum atomic E-state index is -0.485. The number of nitrogens with two attached hydrogens (primary N) is 1. The summed E-state index contributed by atoms with van der Waals surface area (Å²) in [5, 5.41) is 0.587. The van der Waals surface area contributed by atoms with E-state index < -0.39 is 5.69 Å². The fourth-order valence-electron chi connectivity index (χ4n) is 1.55. The minimum absolute atomic E-state index is 0.227. The second-order valence-corrected chi connectivity index (χ2v) is 3.98. The van der Waals surface area contributed by atoms with Crippen LogP contribution in [0.25, 0.3) is 5.69 Å². The number of nitrogen functional groups attached to an aromatic ring is 1. The maximum absolute atomic E-state index is 11.9. The fraction of sp³-hybridized carbons (Fsp3) is 0.167. The lowest BCUT2D eigenvalue weighted by molar-refractivity contribution is 0.324. The molecule has 6 heteroatoms. The Morgan fingerprint density at radius 2 is 2.06 bits per heavy atom. The van der Waals surface area contributed by atoms with Gasteiger partial charge in [-0.1, -0.05) is 11.6 Å². The molecule has 0 atom stereocenters. The molecular formula is C12H12ClN3O2. The summed E-state index contributed by atoms with van der Waals surface area (Å²) in [6.07, 6.45) is 0. The molecule has 0 saturated heterocycles. The summed E-state index contributed by atoms with van der Waals surface area (Å²) in [6, 6.07) is 8.27. The lowest BCUT2D eigenvalue weighted by Crippen LogP contribution is -2.24. The van der Waals surface area contributed by atoms with Crippen LogP contribution in [0.5, 0.6) is 5.88 Å². The molecule has 0 radical (unpaired) electrons. The van der Waals surface area contributed by atoms with Gasteiger partial charge >= 0.3 is 5.69 Å². The molecule has 0 aliphatic carbocycles. The molecule has 0 amide bonds. The number of nitrogens with zero attached hydrogens (tertiary/aromatic N) is 2. The zero-order chi connectivity index (χ0) is 13.1. The van der Waals surface area contributed by atoms with Crippen molar-refractivity contribution in [3.63, 3.8) is 0 Å². The Kier molecular flexibility index (Phi) is 3.53. The third-order valence-corrected chi connectivity index (χ3v) is 2.56. The second-order valence-electron chi connectivity index (χ2n) is 3.55. The number of halogens is 1. The van der Waals surface area contributed by atoms with Crippen LogP contribution < -0.4 is 16.2 Å². The molecule has 2 aromatic rings. The fourth-order valence-corrected chi connectivity index (χ4v) is 1.68. The highest BCUT2D eigenvalue weighted by Crippen LogP contribution is 2.16. The van der Waals surface area contributed by atoms with Crippen molar-refractivity contribution in [2.24, 2.45) is 0 Å². The highest BCUT2D eigenvalue weighted by Gasteiger charge is 2.08. The van der Waals surface area contributed by atoms with Crippen molar-refractivity contribution in [1.82, 2.24) is 9.55 Å². The van der Waals surface area contributed by atoms with Gasteiger partial charge in [0.15, 0.2) is 0 Å². The van der Waals surface area contributed by atoms with E-state index in [4.69, 9.17) is 22.1 Å². The number of rotatable bonds is 3. The van der Waals surface area contributed by atoms with Gasteiger partial charge < -0.3 is 10.5 Å². The summed E-state index contributed by atoms with van der Waals surface area (Å²) >= 11 is 5.79. The van der Waals surface area contributed by atoms with Crippen molar-refractivity contribution >= 4 is 17.4 Å². The Morgan fingerprint density at radius 3 is 2.61 bits per heavy atom. The lowest BCUT2D eigenvalue weighted by Gasteiger charge is -2.10. The van der Waals surface area contributed by atoms with Gasteiger partial charge in [0.05, 0.1) is 12.3 Å². The summed E-state index contributed by atoms with van der Waals surface area (Å²) in [5.74, 6) is 0.492. The standard InChI is InChI=1S/C12H12ClN3O2/c1-2-18-11-7-10(14)16(12(17)15-11)9-5-3-8(13)4-6-9/h3-7H,2,14H2,1H3. The Morgan fingerprint density at radius 1 is 1.39 bits per heavy atom. The number of hydrogen-bond acceptors (Lipinski definition) is 4. The minimum Gasteiger partial charge on any atom is -0.478 e.